The van der Waals surface area contributed by atoms with E-state index in [9.17, 15) is 9.18 Å². The van der Waals surface area contributed by atoms with Crippen LogP contribution in [-0.2, 0) is 0 Å². The maximum Gasteiger partial charge on any atom is 0.277 e. The van der Waals surface area contributed by atoms with Gasteiger partial charge in [-0.1, -0.05) is 40.0 Å². The molecule has 0 unspecified atom stereocenters. The Balaban J connectivity index is 1.81. The normalized spacial score (nSPS) is 10.7. The molecular formula is C16H8Cl3FN2O2. The van der Waals surface area contributed by atoms with Crippen LogP contribution in [0.15, 0.2) is 47.0 Å². The van der Waals surface area contributed by atoms with E-state index < -0.39 is 5.91 Å². The molecule has 3 rings (SSSR count). The summed E-state index contributed by atoms with van der Waals surface area (Å²) in [6, 6.07) is 9.91. The molecule has 4 nitrogen and oxygen atoms in total. The van der Waals surface area contributed by atoms with Crippen LogP contribution in [0.25, 0.3) is 11.3 Å². The first-order valence-corrected chi connectivity index (χ1v) is 7.76. The van der Waals surface area contributed by atoms with Gasteiger partial charge in [0.05, 0.1) is 20.8 Å². The Morgan fingerprint density at radius 1 is 1.00 bits per heavy atom. The molecule has 0 fully saturated rings. The number of anilines is 1. The number of nitrogens with one attached hydrogen (secondary N) is 1. The lowest BCUT2D eigenvalue weighted by molar-refractivity contribution is 0.101. The van der Waals surface area contributed by atoms with E-state index >= 15 is 0 Å². The smallest absolute Gasteiger partial charge is 0.277 e. The van der Waals surface area contributed by atoms with Crippen LogP contribution in [0, 0.1) is 5.82 Å². The van der Waals surface area contributed by atoms with Crippen LogP contribution in [0.1, 0.15) is 10.5 Å². The van der Waals surface area contributed by atoms with Gasteiger partial charge in [0, 0.05) is 11.6 Å². The van der Waals surface area contributed by atoms with Crippen LogP contribution < -0.4 is 5.32 Å². The van der Waals surface area contributed by atoms with Gasteiger partial charge in [-0.15, -0.1) is 0 Å². The molecule has 1 N–H and O–H groups in total. The van der Waals surface area contributed by atoms with E-state index in [-0.39, 0.29) is 26.6 Å². The number of aromatic nitrogens is 1. The highest BCUT2D eigenvalue weighted by Gasteiger charge is 2.16. The van der Waals surface area contributed by atoms with E-state index in [4.69, 9.17) is 39.3 Å². The fourth-order valence-corrected chi connectivity index (χ4v) is 2.53. The highest BCUT2D eigenvalue weighted by molar-refractivity contribution is 6.44. The van der Waals surface area contributed by atoms with E-state index in [1.165, 1.54) is 42.5 Å². The van der Waals surface area contributed by atoms with E-state index in [1.54, 1.807) is 0 Å². The maximum atomic E-state index is 12.9. The lowest BCUT2D eigenvalue weighted by Gasteiger charge is -2.07. The van der Waals surface area contributed by atoms with Crippen molar-refractivity contribution < 1.29 is 13.7 Å². The summed E-state index contributed by atoms with van der Waals surface area (Å²) in [6.07, 6.45) is 0. The predicted molar refractivity (Wildman–Crippen MR) is 91.3 cm³/mol. The number of carbonyl (C=O) groups is 1. The van der Waals surface area contributed by atoms with Gasteiger partial charge in [-0.05, 0) is 36.4 Å². The van der Waals surface area contributed by atoms with Gasteiger partial charge in [-0.25, -0.2) is 4.39 Å². The molecule has 3 aromatic rings. The van der Waals surface area contributed by atoms with E-state index in [0.29, 0.717) is 17.0 Å². The van der Waals surface area contributed by atoms with E-state index in [0.717, 1.165) is 0 Å². The largest absolute Gasteiger partial charge is 0.355 e. The molecule has 0 aliphatic carbocycles. The molecule has 8 heteroatoms. The monoisotopic (exact) mass is 384 g/mol. The van der Waals surface area contributed by atoms with Crippen molar-refractivity contribution in [3.8, 4) is 11.3 Å². The zero-order chi connectivity index (χ0) is 17.3. The first kappa shape index (κ1) is 16.8. The number of rotatable bonds is 3. The quantitative estimate of drug-likeness (QED) is 0.589. The van der Waals surface area contributed by atoms with Crippen molar-refractivity contribution in [1.29, 1.82) is 0 Å². The van der Waals surface area contributed by atoms with Crippen LogP contribution in [0.5, 0.6) is 0 Å². The summed E-state index contributed by atoms with van der Waals surface area (Å²) in [5.74, 6) is -0.571. The Labute approximate surface area is 151 Å². The van der Waals surface area contributed by atoms with Gasteiger partial charge in [-0.2, -0.15) is 0 Å². The minimum absolute atomic E-state index is 0.0384. The fraction of sp³-hybridized carbons (Fsp3) is 0. The van der Waals surface area contributed by atoms with Crippen LogP contribution in [-0.4, -0.2) is 11.1 Å². The molecule has 0 atom stereocenters. The van der Waals surface area contributed by atoms with Crippen LogP contribution in [0.4, 0.5) is 10.1 Å². The summed E-state index contributed by atoms with van der Waals surface area (Å²) < 4.78 is 18.0. The zero-order valence-electron chi connectivity index (χ0n) is 11.8. The summed E-state index contributed by atoms with van der Waals surface area (Å²) >= 11 is 17.8. The van der Waals surface area contributed by atoms with Crippen molar-refractivity contribution in [1.82, 2.24) is 5.16 Å². The van der Waals surface area contributed by atoms with Crippen molar-refractivity contribution in [2.75, 3.05) is 5.32 Å². The van der Waals surface area contributed by atoms with Crippen molar-refractivity contribution in [2.24, 2.45) is 0 Å². The van der Waals surface area contributed by atoms with Gasteiger partial charge in [0.15, 0.2) is 11.5 Å². The van der Waals surface area contributed by atoms with Crippen molar-refractivity contribution in [3.63, 3.8) is 0 Å². The zero-order valence-corrected chi connectivity index (χ0v) is 14.1. The second-order valence-corrected chi connectivity index (χ2v) is 6.01. The third-order valence-electron chi connectivity index (χ3n) is 3.13. The summed E-state index contributed by atoms with van der Waals surface area (Å²) in [5.41, 5.74) is 0.925. The SMILES string of the molecule is O=C(Nc1cc(Cl)c(Cl)cc1Cl)c1cc(-c2ccc(F)cc2)on1. The van der Waals surface area contributed by atoms with Crippen LogP contribution in [0.2, 0.25) is 15.1 Å². The number of hydrogen-bond donors (Lipinski definition) is 1. The van der Waals surface area contributed by atoms with Crippen LogP contribution >= 0.6 is 34.8 Å². The summed E-state index contributed by atoms with van der Waals surface area (Å²) in [7, 11) is 0. The summed E-state index contributed by atoms with van der Waals surface area (Å²) in [4.78, 5) is 12.2. The summed E-state index contributed by atoms with van der Waals surface area (Å²) in [6.45, 7) is 0. The Morgan fingerprint density at radius 3 is 2.38 bits per heavy atom. The number of halogens is 4. The molecule has 1 amide bonds. The molecule has 122 valence electrons. The molecule has 2 aromatic carbocycles. The first-order chi connectivity index (χ1) is 11.4. The van der Waals surface area contributed by atoms with E-state index in [1.807, 2.05) is 0 Å². The molecule has 0 saturated heterocycles. The third kappa shape index (κ3) is 3.53. The Bertz CT molecular complexity index is 910. The minimum Gasteiger partial charge on any atom is -0.355 e. The van der Waals surface area contributed by atoms with Gasteiger partial charge >= 0.3 is 0 Å². The lowest BCUT2D eigenvalue weighted by Crippen LogP contribution is -2.12. The lowest BCUT2D eigenvalue weighted by atomic mass is 10.1. The molecule has 0 spiro atoms. The number of nitrogens with zero attached hydrogens (tertiary/aromatic N) is 1. The third-order valence-corrected chi connectivity index (χ3v) is 4.16. The Kier molecular flexibility index (Phi) is 4.76. The molecule has 1 heterocycles. The second-order valence-electron chi connectivity index (χ2n) is 4.78. The van der Waals surface area contributed by atoms with Gasteiger partial charge < -0.3 is 9.84 Å². The number of carbonyl (C=O) groups excluding carboxylic acids is 1. The highest BCUT2D eigenvalue weighted by atomic mass is 35.5. The average Bonchev–Trinajstić information content (AvgIpc) is 3.03. The van der Waals surface area contributed by atoms with Crippen molar-refractivity contribution in [2.45, 2.75) is 0 Å². The average molecular weight is 386 g/mol. The molecule has 0 saturated carbocycles. The van der Waals surface area contributed by atoms with Gasteiger partial charge in [0.25, 0.3) is 5.91 Å². The topological polar surface area (TPSA) is 55.1 Å². The maximum absolute atomic E-state index is 12.9. The fourth-order valence-electron chi connectivity index (χ4n) is 1.94. The molecule has 0 radical (unpaired) electrons. The molecule has 24 heavy (non-hydrogen) atoms. The number of amides is 1. The second kappa shape index (κ2) is 6.81. The first-order valence-electron chi connectivity index (χ1n) is 6.62. The number of benzene rings is 2. The molecular weight excluding hydrogens is 378 g/mol. The molecule has 1 aromatic heterocycles. The Hall–Kier alpha value is -2.08. The van der Waals surface area contributed by atoms with Gasteiger partial charge in [0.2, 0.25) is 0 Å². The van der Waals surface area contributed by atoms with Gasteiger partial charge in [0.1, 0.15) is 5.82 Å². The van der Waals surface area contributed by atoms with Crippen molar-refractivity contribution in [3.05, 3.63) is 69.0 Å². The van der Waals surface area contributed by atoms with E-state index in [2.05, 4.69) is 10.5 Å². The minimum atomic E-state index is -0.535. The van der Waals surface area contributed by atoms with Crippen molar-refractivity contribution >= 4 is 46.4 Å². The molecule has 0 aliphatic heterocycles. The van der Waals surface area contributed by atoms with Crippen LogP contribution in [0.3, 0.4) is 0 Å². The highest BCUT2D eigenvalue weighted by Crippen LogP contribution is 2.32. The Morgan fingerprint density at radius 2 is 1.67 bits per heavy atom. The predicted octanol–water partition coefficient (Wildman–Crippen LogP) is 5.69. The molecule has 0 bridgehead atoms. The number of hydrogen-bond acceptors (Lipinski definition) is 3. The van der Waals surface area contributed by atoms with Gasteiger partial charge in [-0.3, -0.25) is 4.79 Å². The standard InChI is InChI=1S/C16H8Cl3FN2O2/c17-10-5-12(19)13(6-11(10)18)21-16(23)14-7-15(24-22-14)8-1-3-9(20)4-2-8/h1-7H,(H,21,23). The molecule has 0 aliphatic rings. The summed E-state index contributed by atoms with van der Waals surface area (Å²) in [5, 5.41) is 7.04.